The number of sulfone groups is 1. The summed E-state index contributed by atoms with van der Waals surface area (Å²) < 4.78 is 29.6. The van der Waals surface area contributed by atoms with E-state index in [1.165, 1.54) is 0 Å². The van der Waals surface area contributed by atoms with Crippen LogP contribution in [0.25, 0.3) is 0 Å². The van der Waals surface area contributed by atoms with Crippen molar-refractivity contribution < 1.29 is 13.2 Å². The van der Waals surface area contributed by atoms with Gasteiger partial charge in [0.2, 0.25) is 0 Å². The molecule has 0 spiro atoms. The molecule has 0 bridgehead atoms. The van der Waals surface area contributed by atoms with E-state index in [2.05, 4.69) is 0 Å². The van der Waals surface area contributed by atoms with E-state index in [1.54, 1.807) is 24.3 Å². The third-order valence-corrected chi connectivity index (χ3v) is 5.91. The van der Waals surface area contributed by atoms with Crippen molar-refractivity contribution in [2.24, 2.45) is 0 Å². The van der Waals surface area contributed by atoms with Crippen molar-refractivity contribution in [2.45, 2.75) is 18.1 Å². The van der Waals surface area contributed by atoms with E-state index in [0.29, 0.717) is 29.4 Å². The van der Waals surface area contributed by atoms with Crippen molar-refractivity contribution in [3.63, 3.8) is 0 Å². The molecule has 3 rings (SSSR count). The highest BCUT2D eigenvalue weighted by Crippen LogP contribution is 2.35. The van der Waals surface area contributed by atoms with Crippen LogP contribution in [0.1, 0.15) is 23.7 Å². The summed E-state index contributed by atoms with van der Waals surface area (Å²) >= 11 is 0. The van der Waals surface area contributed by atoms with Crippen LogP contribution in [0, 0.1) is 0 Å². The standard InChI is InChI=1S/C16H17NO3S/c17-13-3-1-4-15(11-13)20-14-8-6-12(7-9-14)16-5-2-10-21(16,18)19/h1,3-4,6-9,11,16H,2,5,10,17H2. The molecule has 1 aliphatic heterocycles. The molecule has 1 atom stereocenters. The van der Waals surface area contributed by atoms with Crippen LogP contribution in [0.2, 0.25) is 0 Å². The lowest BCUT2D eigenvalue weighted by Gasteiger charge is -2.11. The summed E-state index contributed by atoms with van der Waals surface area (Å²) in [5, 5.41) is -0.362. The molecule has 2 aromatic rings. The Bertz CT molecular complexity index is 738. The molecule has 1 heterocycles. The summed E-state index contributed by atoms with van der Waals surface area (Å²) in [7, 11) is -2.97. The largest absolute Gasteiger partial charge is 0.457 e. The molecule has 1 unspecified atom stereocenters. The van der Waals surface area contributed by atoms with Crippen LogP contribution in [-0.2, 0) is 9.84 Å². The SMILES string of the molecule is Nc1cccc(Oc2ccc(C3CCCS3(=O)=O)cc2)c1. The van der Waals surface area contributed by atoms with E-state index in [9.17, 15) is 8.42 Å². The highest BCUT2D eigenvalue weighted by Gasteiger charge is 2.32. The van der Waals surface area contributed by atoms with Gasteiger partial charge in [0.1, 0.15) is 11.5 Å². The minimum atomic E-state index is -2.97. The third-order valence-electron chi connectivity index (χ3n) is 3.67. The lowest BCUT2D eigenvalue weighted by molar-refractivity contribution is 0.482. The zero-order valence-corrected chi connectivity index (χ0v) is 12.3. The minimum absolute atomic E-state index is 0.291. The normalized spacial score (nSPS) is 20.3. The van der Waals surface area contributed by atoms with E-state index in [1.807, 2.05) is 24.3 Å². The first-order valence-electron chi connectivity index (χ1n) is 6.89. The maximum absolute atomic E-state index is 11.9. The molecule has 110 valence electrons. The summed E-state index contributed by atoms with van der Waals surface area (Å²) in [5.74, 6) is 1.62. The van der Waals surface area contributed by atoms with Crippen molar-refractivity contribution >= 4 is 15.5 Å². The fourth-order valence-corrected chi connectivity index (χ4v) is 4.58. The van der Waals surface area contributed by atoms with Gasteiger partial charge in [-0.3, -0.25) is 0 Å². The van der Waals surface area contributed by atoms with Crippen LogP contribution in [-0.4, -0.2) is 14.2 Å². The number of benzene rings is 2. The average Bonchev–Trinajstić information content (AvgIpc) is 2.79. The van der Waals surface area contributed by atoms with Gasteiger partial charge in [0.25, 0.3) is 0 Å². The first-order chi connectivity index (χ1) is 10.0. The van der Waals surface area contributed by atoms with Crippen LogP contribution in [0.15, 0.2) is 48.5 Å². The van der Waals surface area contributed by atoms with Crippen molar-refractivity contribution in [3.05, 3.63) is 54.1 Å². The first kappa shape index (κ1) is 13.9. The van der Waals surface area contributed by atoms with Crippen LogP contribution >= 0.6 is 0 Å². The van der Waals surface area contributed by atoms with Crippen molar-refractivity contribution in [2.75, 3.05) is 11.5 Å². The Morgan fingerprint density at radius 3 is 2.43 bits per heavy atom. The van der Waals surface area contributed by atoms with E-state index in [-0.39, 0.29) is 5.25 Å². The van der Waals surface area contributed by atoms with Gasteiger partial charge in [-0.15, -0.1) is 0 Å². The zero-order chi connectivity index (χ0) is 14.9. The second-order valence-corrected chi connectivity index (χ2v) is 7.54. The van der Waals surface area contributed by atoms with Gasteiger partial charge in [-0.1, -0.05) is 18.2 Å². The molecular weight excluding hydrogens is 286 g/mol. The Labute approximate surface area is 124 Å². The van der Waals surface area contributed by atoms with Gasteiger partial charge in [-0.05, 0) is 42.7 Å². The molecule has 21 heavy (non-hydrogen) atoms. The fourth-order valence-electron chi connectivity index (χ4n) is 2.63. The highest BCUT2D eigenvalue weighted by atomic mass is 32.2. The Morgan fingerprint density at radius 2 is 1.81 bits per heavy atom. The molecule has 0 amide bonds. The number of ether oxygens (including phenoxy) is 1. The molecular formula is C16H17NO3S. The lowest BCUT2D eigenvalue weighted by Crippen LogP contribution is -2.07. The maximum atomic E-state index is 11.9. The number of nitrogens with two attached hydrogens (primary N) is 1. The quantitative estimate of drug-likeness (QED) is 0.883. The van der Waals surface area contributed by atoms with Crippen molar-refractivity contribution in [3.8, 4) is 11.5 Å². The Morgan fingerprint density at radius 1 is 1.05 bits per heavy atom. The van der Waals surface area contributed by atoms with Gasteiger partial charge in [0.15, 0.2) is 9.84 Å². The summed E-state index contributed by atoms with van der Waals surface area (Å²) in [4.78, 5) is 0. The predicted molar refractivity (Wildman–Crippen MR) is 83.1 cm³/mol. The predicted octanol–water partition coefficient (Wildman–Crippen LogP) is 3.31. The van der Waals surface area contributed by atoms with Crippen LogP contribution < -0.4 is 10.5 Å². The number of nitrogen functional groups attached to an aromatic ring is 1. The molecule has 2 aromatic carbocycles. The summed E-state index contributed by atoms with van der Waals surface area (Å²) in [6.45, 7) is 0. The topological polar surface area (TPSA) is 69.4 Å². The summed E-state index contributed by atoms with van der Waals surface area (Å²) in [5.41, 5.74) is 7.18. The van der Waals surface area contributed by atoms with E-state index < -0.39 is 9.84 Å². The highest BCUT2D eigenvalue weighted by molar-refractivity contribution is 7.91. The number of hydrogen-bond donors (Lipinski definition) is 1. The van der Waals surface area contributed by atoms with Crippen molar-refractivity contribution in [1.29, 1.82) is 0 Å². The molecule has 0 aliphatic carbocycles. The van der Waals surface area contributed by atoms with E-state index in [4.69, 9.17) is 10.5 Å². The molecule has 5 heteroatoms. The van der Waals surface area contributed by atoms with Gasteiger partial charge < -0.3 is 10.5 Å². The van der Waals surface area contributed by atoms with Gasteiger partial charge >= 0.3 is 0 Å². The van der Waals surface area contributed by atoms with Gasteiger partial charge in [0, 0.05) is 11.8 Å². The smallest absolute Gasteiger partial charge is 0.157 e. The molecule has 2 N–H and O–H groups in total. The molecule has 0 aromatic heterocycles. The number of rotatable bonds is 3. The molecule has 0 saturated carbocycles. The van der Waals surface area contributed by atoms with Gasteiger partial charge in [-0.2, -0.15) is 0 Å². The molecule has 1 saturated heterocycles. The third kappa shape index (κ3) is 3.03. The molecule has 1 fully saturated rings. The van der Waals surface area contributed by atoms with Gasteiger partial charge in [-0.25, -0.2) is 8.42 Å². The number of hydrogen-bond acceptors (Lipinski definition) is 4. The second kappa shape index (κ2) is 5.41. The second-order valence-electron chi connectivity index (χ2n) is 5.24. The number of anilines is 1. The summed E-state index contributed by atoms with van der Waals surface area (Å²) in [6.07, 6.45) is 1.45. The van der Waals surface area contributed by atoms with Crippen molar-refractivity contribution in [1.82, 2.24) is 0 Å². The summed E-state index contributed by atoms with van der Waals surface area (Å²) in [6, 6.07) is 14.4. The zero-order valence-electron chi connectivity index (χ0n) is 11.5. The van der Waals surface area contributed by atoms with Gasteiger partial charge in [0.05, 0.1) is 11.0 Å². The molecule has 4 nitrogen and oxygen atoms in total. The first-order valence-corrected chi connectivity index (χ1v) is 8.61. The molecule has 0 radical (unpaired) electrons. The minimum Gasteiger partial charge on any atom is -0.457 e. The fraction of sp³-hybridized carbons (Fsp3) is 0.250. The van der Waals surface area contributed by atoms with Crippen LogP contribution in [0.3, 0.4) is 0 Å². The van der Waals surface area contributed by atoms with E-state index in [0.717, 1.165) is 12.0 Å². The Hall–Kier alpha value is -2.01. The Kier molecular flexibility index (Phi) is 3.59. The monoisotopic (exact) mass is 303 g/mol. The van der Waals surface area contributed by atoms with Crippen LogP contribution in [0.5, 0.6) is 11.5 Å². The average molecular weight is 303 g/mol. The Balaban J connectivity index is 1.78. The molecule has 1 aliphatic rings. The van der Waals surface area contributed by atoms with E-state index >= 15 is 0 Å². The lowest BCUT2D eigenvalue weighted by atomic mass is 10.1. The van der Waals surface area contributed by atoms with Crippen LogP contribution in [0.4, 0.5) is 5.69 Å². The maximum Gasteiger partial charge on any atom is 0.157 e.